The van der Waals surface area contributed by atoms with Gasteiger partial charge in [0.15, 0.2) is 0 Å². The van der Waals surface area contributed by atoms with Gasteiger partial charge < -0.3 is 4.43 Å². The second kappa shape index (κ2) is 10.7. The third-order valence-electron chi connectivity index (χ3n) is 6.20. The predicted octanol–water partition coefficient (Wildman–Crippen LogP) is 5.74. The van der Waals surface area contributed by atoms with Gasteiger partial charge in [-0.15, -0.1) is 0 Å². The Bertz CT molecular complexity index is 1020. The molecule has 3 aromatic carbocycles. The van der Waals surface area contributed by atoms with Crippen LogP contribution in [-0.4, -0.2) is 23.4 Å². The lowest BCUT2D eigenvalue weighted by Gasteiger charge is -2.46. The highest BCUT2D eigenvalue weighted by Gasteiger charge is 2.51. The first-order valence-corrected chi connectivity index (χ1v) is 15.0. The molecule has 0 fully saturated rings. The van der Waals surface area contributed by atoms with E-state index in [1.807, 2.05) is 39.0 Å². The molecule has 3 rings (SSSR count). The second-order valence-electron chi connectivity index (χ2n) is 10.9. The summed E-state index contributed by atoms with van der Waals surface area (Å²) in [5.41, 5.74) is 1.07. The first-order valence-electron chi connectivity index (χ1n) is 12.0. The largest absolute Gasteiger partial charge is 0.403 e. The number of rotatable bonds is 8. The van der Waals surface area contributed by atoms with Gasteiger partial charge in [0, 0.05) is 0 Å². The van der Waals surface area contributed by atoms with Crippen LogP contribution in [0.15, 0.2) is 91.0 Å². The average molecular weight is 494 g/mol. The number of hydrogen-bond donors (Lipinski definition) is 1. The molecule has 182 valence electrons. The molecule has 0 unspecified atom stereocenters. The summed E-state index contributed by atoms with van der Waals surface area (Å²) in [4.78, 5) is 0. The fourth-order valence-corrected chi connectivity index (χ4v) is 10.0. The smallest absolute Gasteiger partial charge is 0.261 e. The molecule has 0 amide bonds. The monoisotopic (exact) mass is 493 g/mol. The van der Waals surface area contributed by atoms with E-state index in [2.05, 4.69) is 105 Å². The highest BCUT2D eigenvalue weighted by atomic mass is 32.2. The Morgan fingerprint density at radius 3 is 1.53 bits per heavy atom. The first kappa shape index (κ1) is 26.5. The Labute approximate surface area is 209 Å². The second-order valence-corrected chi connectivity index (χ2v) is 17.1. The van der Waals surface area contributed by atoms with Crippen molar-refractivity contribution in [2.45, 2.75) is 70.4 Å². The van der Waals surface area contributed by atoms with Gasteiger partial charge in [-0.3, -0.25) is 0 Å². The van der Waals surface area contributed by atoms with Crippen molar-refractivity contribution in [3.8, 4) is 0 Å². The van der Waals surface area contributed by atoms with Crippen molar-refractivity contribution < 1.29 is 8.63 Å². The molecule has 0 spiro atoms. The molecule has 0 bridgehead atoms. The number of nitrogens with one attached hydrogen (secondary N) is 1. The van der Waals surface area contributed by atoms with Gasteiger partial charge in [0.25, 0.3) is 8.32 Å². The van der Waals surface area contributed by atoms with Gasteiger partial charge in [-0.2, -0.15) is 0 Å². The van der Waals surface area contributed by atoms with E-state index in [4.69, 9.17) is 4.43 Å². The third-order valence-corrected chi connectivity index (χ3v) is 12.9. The van der Waals surface area contributed by atoms with E-state index in [1.165, 1.54) is 10.4 Å². The van der Waals surface area contributed by atoms with E-state index in [0.717, 1.165) is 5.56 Å². The van der Waals surface area contributed by atoms with Crippen molar-refractivity contribution in [3.05, 3.63) is 96.6 Å². The normalized spacial score (nSPS) is 15.5. The average Bonchev–Trinajstić information content (AvgIpc) is 2.81. The van der Waals surface area contributed by atoms with Crippen LogP contribution in [-0.2, 0) is 15.4 Å². The fourth-order valence-electron chi connectivity index (χ4n) is 4.43. The van der Waals surface area contributed by atoms with Crippen molar-refractivity contribution in [1.82, 2.24) is 4.72 Å². The third kappa shape index (κ3) is 5.77. The van der Waals surface area contributed by atoms with Gasteiger partial charge in [-0.1, -0.05) is 112 Å². The number of hydrogen-bond acceptors (Lipinski definition) is 2. The Morgan fingerprint density at radius 1 is 0.735 bits per heavy atom. The summed E-state index contributed by atoms with van der Waals surface area (Å²) < 4.78 is 23.6. The summed E-state index contributed by atoms with van der Waals surface area (Å²) in [6.07, 6.45) is -0.222. The fraction of sp³-hybridized carbons (Fsp3) is 0.379. The summed E-state index contributed by atoms with van der Waals surface area (Å²) in [5, 5.41) is 2.35. The number of benzene rings is 3. The van der Waals surface area contributed by atoms with E-state index in [0.29, 0.717) is 0 Å². The van der Waals surface area contributed by atoms with Crippen molar-refractivity contribution in [1.29, 1.82) is 0 Å². The van der Waals surface area contributed by atoms with Crippen molar-refractivity contribution in [2.24, 2.45) is 0 Å². The Balaban J connectivity index is 2.14. The summed E-state index contributed by atoms with van der Waals surface area (Å²) in [5.74, 6) is 0. The van der Waals surface area contributed by atoms with Gasteiger partial charge in [0.2, 0.25) is 0 Å². The molecule has 0 aliphatic heterocycles. The molecule has 0 aliphatic rings. The van der Waals surface area contributed by atoms with E-state index in [1.54, 1.807) is 0 Å². The molecule has 3 nitrogen and oxygen atoms in total. The molecule has 3 aromatic rings. The first-order chi connectivity index (χ1) is 16.0. The van der Waals surface area contributed by atoms with E-state index < -0.39 is 19.3 Å². The van der Waals surface area contributed by atoms with Crippen LogP contribution in [0.1, 0.15) is 60.1 Å². The molecular formula is C29H39NO2SSi. The predicted molar refractivity (Wildman–Crippen MR) is 148 cm³/mol. The Hall–Kier alpha value is -2.05. The van der Waals surface area contributed by atoms with Crippen LogP contribution in [0.5, 0.6) is 0 Å². The van der Waals surface area contributed by atoms with Crippen LogP contribution >= 0.6 is 0 Å². The zero-order chi connectivity index (χ0) is 25.0. The topological polar surface area (TPSA) is 38.3 Å². The Kier molecular flexibility index (Phi) is 8.35. The van der Waals surface area contributed by atoms with Gasteiger partial charge in [-0.25, -0.2) is 8.93 Å². The summed E-state index contributed by atoms with van der Waals surface area (Å²) >= 11 is 0. The van der Waals surface area contributed by atoms with Crippen molar-refractivity contribution in [2.75, 3.05) is 0 Å². The van der Waals surface area contributed by atoms with Crippen LogP contribution in [0.25, 0.3) is 0 Å². The quantitative estimate of drug-likeness (QED) is 0.406. The van der Waals surface area contributed by atoms with Crippen LogP contribution in [0, 0.1) is 0 Å². The van der Waals surface area contributed by atoms with E-state index >= 15 is 0 Å². The maximum Gasteiger partial charge on any atom is 0.261 e. The molecule has 5 heteroatoms. The van der Waals surface area contributed by atoms with E-state index in [-0.39, 0.29) is 21.9 Å². The Morgan fingerprint density at radius 2 is 1.15 bits per heavy atom. The maximum atomic E-state index is 13.2. The highest BCUT2D eigenvalue weighted by molar-refractivity contribution is 7.84. The molecule has 0 aromatic heterocycles. The standard InChI is InChI=1S/C29H39NO2SSi/c1-23(27(24-17-11-8-12-18-24)30-33(31)28(2,3)4)32-34(29(5,6)7,25-19-13-9-14-20-25)26-21-15-10-16-22-26/h8-23,27,30H,1-7H3/t23-,27+,33+/m0/s1. The maximum absolute atomic E-state index is 13.2. The van der Waals surface area contributed by atoms with Gasteiger partial charge in [-0.05, 0) is 48.7 Å². The van der Waals surface area contributed by atoms with E-state index in [9.17, 15) is 4.21 Å². The lowest BCUT2D eigenvalue weighted by atomic mass is 10.0. The molecule has 0 saturated carbocycles. The van der Waals surface area contributed by atoms with Crippen LogP contribution in [0.3, 0.4) is 0 Å². The van der Waals surface area contributed by atoms with Crippen molar-refractivity contribution >= 4 is 29.7 Å². The SMILES string of the molecule is C[C@H](O[Si](c1ccccc1)(c1ccccc1)C(C)(C)C)[C@@H](N[S@](=O)C(C)(C)C)c1ccccc1. The summed E-state index contributed by atoms with van der Waals surface area (Å²) in [6.45, 7) is 14.9. The van der Waals surface area contributed by atoms with Crippen LogP contribution in [0.2, 0.25) is 5.04 Å². The molecule has 0 radical (unpaired) electrons. The molecule has 34 heavy (non-hydrogen) atoms. The zero-order valence-electron chi connectivity index (χ0n) is 21.5. The minimum atomic E-state index is -2.74. The molecule has 0 aliphatic carbocycles. The van der Waals surface area contributed by atoms with Crippen molar-refractivity contribution in [3.63, 3.8) is 0 Å². The molecule has 1 N–H and O–H groups in total. The highest BCUT2D eigenvalue weighted by Crippen LogP contribution is 2.39. The van der Waals surface area contributed by atoms with Crippen LogP contribution < -0.4 is 15.1 Å². The summed E-state index contributed by atoms with van der Waals surface area (Å²) in [7, 11) is -3.99. The van der Waals surface area contributed by atoms with Gasteiger partial charge in [0.1, 0.15) is 0 Å². The molecule has 0 saturated heterocycles. The molecule has 3 atom stereocenters. The minimum Gasteiger partial charge on any atom is -0.403 e. The lowest BCUT2D eigenvalue weighted by molar-refractivity contribution is 0.170. The van der Waals surface area contributed by atoms with Gasteiger partial charge in [0.05, 0.1) is 27.9 Å². The van der Waals surface area contributed by atoms with Gasteiger partial charge >= 0.3 is 0 Å². The molecular weight excluding hydrogens is 454 g/mol. The zero-order valence-corrected chi connectivity index (χ0v) is 23.4. The lowest BCUT2D eigenvalue weighted by Crippen LogP contribution is -2.68. The van der Waals surface area contributed by atoms with Crippen LogP contribution in [0.4, 0.5) is 0 Å². The minimum absolute atomic E-state index is 0.131. The molecule has 0 heterocycles. The summed E-state index contributed by atoms with van der Waals surface area (Å²) in [6, 6.07) is 31.3.